The Hall–Kier alpha value is -0.640. The Morgan fingerprint density at radius 1 is 1.38 bits per heavy atom. The molecule has 0 aliphatic carbocycles. The summed E-state index contributed by atoms with van der Waals surface area (Å²) in [5, 5.41) is 2.98. The number of carbonyl (C=O) groups is 1. The van der Waals surface area contributed by atoms with Gasteiger partial charge in [-0.05, 0) is 25.2 Å². The number of amides is 1. The van der Waals surface area contributed by atoms with Crippen molar-refractivity contribution in [3.63, 3.8) is 0 Å². The summed E-state index contributed by atoms with van der Waals surface area (Å²) in [6, 6.07) is 0. The summed E-state index contributed by atoms with van der Waals surface area (Å²) in [5.74, 6) is 0.582. The van der Waals surface area contributed by atoms with Gasteiger partial charge in [0, 0.05) is 6.42 Å². The average molecular weight is 244 g/mol. The third kappa shape index (κ3) is 4.47. The number of hydrogen-bond acceptors (Lipinski definition) is 2. The number of rotatable bonds is 7. The fourth-order valence-corrected chi connectivity index (χ4v) is 1.93. The second kappa shape index (κ2) is 6.84. The first-order valence-corrected chi connectivity index (χ1v) is 6.39. The third-order valence-corrected chi connectivity index (χ3v) is 3.40. The normalized spacial score (nSPS) is 11.6. The van der Waals surface area contributed by atoms with Crippen LogP contribution >= 0.6 is 12.2 Å². The molecule has 4 heteroatoms. The van der Waals surface area contributed by atoms with Gasteiger partial charge in [-0.3, -0.25) is 4.79 Å². The minimum Gasteiger partial charge on any atom is -0.391 e. The largest absolute Gasteiger partial charge is 0.391 e. The first-order chi connectivity index (χ1) is 7.38. The van der Waals surface area contributed by atoms with Crippen molar-refractivity contribution in [2.75, 3.05) is 0 Å². The lowest BCUT2D eigenvalue weighted by Gasteiger charge is -2.31. The van der Waals surface area contributed by atoms with E-state index in [0.717, 1.165) is 19.3 Å². The minimum atomic E-state index is -0.497. The van der Waals surface area contributed by atoms with Crippen molar-refractivity contribution in [3.8, 4) is 0 Å². The average Bonchev–Trinajstić information content (AvgIpc) is 2.22. The van der Waals surface area contributed by atoms with Crippen molar-refractivity contribution in [1.29, 1.82) is 0 Å². The Balaban J connectivity index is 4.41. The highest BCUT2D eigenvalue weighted by Gasteiger charge is 2.30. The second-order valence-electron chi connectivity index (χ2n) is 4.63. The van der Waals surface area contributed by atoms with Crippen LogP contribution in [0.25, 0.3) is 0 Å². The van der Waals surface area contributed by atoms with Crippen LogP contribution in [0.5, 0.6) is 0 Å². The van der Waals surface area contributed by atoms with E-state index in [2.05, 4.69) is 19.2 Å². The molecule has 0 aromatic carbocycles. The van der Waals surface area contributed by atoms with Gasteiger partial charge >= 0.3 is 0 Å². The molecule has 0 saturated carbocycles. The highest BCUT2D eigenvalue weighted by atomic mass is 32.1. The molecule has 0 rings (SSSR count). The summed E-state index contributed by atoms with van der Waals surface area (Å²) in [4.78, 5) is 12.1. The molecule has 0 aromatic rings. The van der Waals surface area contributed by atoms with Gasteiger partial charge in [0.25, 0.3) is 0 Å². The zero-order chi connectivity index (χ0) is 12.8. The lowest BCUT2D eigenvalue weighted by molar-refractivity contribution is -0.122. The van der Waals surface area contributed by atoms with Gasteiger partial charge in [-0.1, -0.05) is 39.9 Å². The molecule has 0 aliphatic heterocycles. The van der Waals surface area contributed by atoms with Gasteiger partial charge in [-0.25, -0.2) is 0 Å². The maximum atomic E-state index is 11.8. The van der Waals surface area contributed by atoms with E-state index in [-0.39, 0.29) is 5.91 Å². The lowest BCUT2D eigenvalue weighted by atomic mass is 9.92. The summed E-state index contributed by atoms with van der Waals surface area (Å²) >= 11 is 5.04. The smallest absolute Gasteiger partial charge is 0.220 e. The van der Waals surface area contributed by atoms with Gasteiger partial charge in [0.15, 0.2) is 0 Å². The van der Waals surface area contributed by atoms with Crippen molar-refractivity contribution in [3.05, 3.63) is 0 Å². The van der Waals surface area contributed by atoms with Crippen molar-refractivity contribution in [1.82, 2.24) is 5.32 Å². The van der Waals surface area contributed by atoms with E-state index in [0.29, 0.717) is 17.3 Å². The number of nitrogens with two attached hydrogens (primary N) is 1. The highest BCUT2D eigenvalue weighted by Crippen LogP contribution is 2.16. The molecule has 0 spiro atoms. The maximum Gasteiger partial charge on any atom is 0.220 e. The summed E-state index contributed by atoms with van der Waals surface area (Å²) < 4.78 is 0. The highest BCUT2D eigenvalue weighted by molar-refractivity contribution is 7.80. The van der Waals surface area contributed by atoms with Gasteiger partial charge in [-0.2, -0.15) is 0 Å². The van der Waals surface area contributed by atoms with Crippen LogP contribution in [0.2, 0.25) is 0 Å². The SMILES string of the molecule is CCC(CC)(NC(=O)CCC(C)C)C(N)=S. The molecule has 0 heterocycles. The molecule has 0 radical (unpaired) electrons. The number of hydrogen-bond donors (Lipinski definition) is 2. The Morgan fingerprint density at radius 3 is 2.19 bits per heavy atom. The molecule has 1 amide bonds. The monoisotopic (exact) mass is 244 g/mol. The summed E-state index contributed by atoms with van der Waals surface area (Å²) in [6.07, 6.45) is 2.92. The van der Waals surface area contributed by atoms with Crippen molar-refractivity contribution >= 4 is 23.1 Å². The molecule has 0 unspecified atom stereocenters. The third-order valence-electron chi connectivity index (χ3n) is 3.01. The van der Waals surface area contributed by atoms with Gasteiger partial charge in [0.05, 0.1) is 10.5 Å². The zero-order valence-corrected chi connectivity index (χ0v) is 11.6. The molecule has 0 atom stereocenters. The van der Waals surface area contributed by atoms with Crippen molar-refractivity contribution < 1.29 is 4.79 Å². The molecule has 0 aliphatic rings. The predicted octanol–water partition coefficient (Wildman–Crippen LogP) is 2.38. The van der Waals surface area contributed by atoms with E-state index in [1.165, 1.54) is 0 Å². The van der Waals surface area contributed by atoms with Crippen LogP contribution in [0.1, 0.15) is 53.4 Å². The van der Waals surface area contributed by atoms with Crippen LogP contribution < -0.4 is 11.1 Å². The minimum absolute atomic E-state index is 0.0465. The fourth-order valence-electron chi connectivity index (χ4n) is 1.59. The topological polar surface area (TPSA) is 55.1 Å². The number of thiocarbonyl (C=S) groups is 1. The summed E-state index contributed by atoms with van der Waals surface area (Å²) in [7, 11) is 0. The second-order valence-corrected chi connectivity index (χ2v) is 5.07. The Kier molecular flexibility index (Phi) is 6.56. The van der Waals surface area contributed by atoms with Gasteiger partial charge in [0.1, 0.15) is 0 Å². The van der Waals surface area contributed by atoms with Crippen LogP contribution in [0, 0.1) is 5.92 Å². The van der Waals surface area contributed by atoms with E-state index in [1.807, 2.05) is 13.8 Å². The Bertz CT molecular complexity index is 247. The van der Waals surface area contributed by atoms with E-state index in [1.54, 1.807) is 0 Å². The van der Waals surface area contributed by atoms with Crippen LogP contribution in [0.3, 0.4) is 0 Å². The zero-order valence-electron chi connectivity index (χ0n) is 10.8. The number of carbonyl (C=O) groups excluding carboxylic acids is 1. The number of nitrogens with one attached hydrogen (secondary N) is 1. The summed E-state index contributed by atoms with van der Waals surface area (Å²) in [5.41, 5.74) is 5.22. The quantitative estimate of drug-likeness (QED) is 0.676. The molecule has 0 aromatic heterocycles. The first kappa shape index (κ1) is 15.4. The van der Waals surface area contributed by atoms with Gasteiger partial charge < -0.3 is 11.1 Å². The molecule has 0 saturated heterocycles. The van der Waals surface area contributed by atoms with Crippen molar-refractivity contribution in [2.45, 2.75) is 58.9 Å². The van der Waals surface area contributed by atoms with Gasteiger partial charge in [-0.15, -0.1) is 0 Å². The van der Waals surface area contributed by atoms with E-state index < -0.39 is 5.54 Å². The Labute approximate surface area is 104 Å². The molecule has 16 heavy (non-hydrogen) atoms. The molecule has 94 valence electrons. The van der Waals surface area contributed by atoms with Crippen molar-refractivity contribution in [2.24, 2.45) is 11.7 Å². The predicted molar refractivity (Wildman–Crippen MR) is 72.3 cm³/mol. The Morgan fingerprint density at radius 2 is 1.88 bits per heavy atom. The van der Waals surface area contributed by atoms with Gasteiger partial charge in [0.2, 0.25) is 5.91 Å². The molecular formula is C12H24N2OS. The fraction of sp³-hybridized carbons (Fsp3) is 0.833. The molecule has 0 fully saturated rings. The van der Waals surface area contributed by atoms with Crippen LogP contribution in [-0.2, 0) is 4.79 Å². The summed E-state index contributed by atoms with van der Waals surface area (Å²) in [6.45, 7) is 8.19. The maximum absolute atomic E-state index is 11.8. The van der Waals surface area contributed by atoms with E-state index in [9.17, 15) is 4.79 Å². The van der Waals surface area contributed by atoms with Crippen LogP contribution in [0.4, 0.5) is 0 Å². The van der Waals surface area contributed by atoms with Crippen LogP contribution in [0.15, 0.2) is 0 Å². The molecular weight excluding hydrogens is 220 g/mol. The lowest BCUT2D eigenvalue weighted by Crippen LogP contribution is -2.55. The van der Waals surface area contributed by atoms with E-state index in [4.69, 9.17) is 18.0 Å². The molecule has 3 nitrogen and oxygen atoms in total. The molecule has 3 N–H and O–H groups in total. The molecule has 0 bridgehead atoms. The van der Waals surface area contributed by atoms with E-state index >= 15 is 0 Å². The van der Waals surface area contributed by atoms with Crippen LogP contribution in [-0.4, -0.2) is 16.4 Å². The first-order valence-electron chi connectivity index (χ1n) is 5.98. The standard InChI is InChI=1S/C12H24N2OS/c1-5-12(6-2,11(13)16)14-10(15)8-7-9(3)4/h9H,5-8H2,1-4H3,(H2,13,16)(H,14,15).